The Morgan fingerprint density at radius 1 is 1.06 bits per heavy atom. The van der Waals surface area contributed by atoms with E-state index in [1.165, 1.54) is 6.20 Å². The van der Waals surface area contributed by atoms with Crippen LogP contribution < -0.4 is 14.8 Å². The number of nitrogens with one attached hydrogen (secondary N) is 2. The Labute approximate surface area is 198 Å². The number of rotatable bonds is 10. The minimum Gasteiger partial charge on any atom is -0.478 e. The van der Waals surface area contributed by atoms with Crippen molar-refractivity contribution in [2.24, 2.45) is 0 Å². The third kappa shape index (κ3) is 5.66. The highest BCUT2D eigenvalue weighted by atomic mass is 32.2. The molecule has 3 aromatic rings. The molecule has 1 fully saturated rings. The molecule has 0 bridgehead atoms. The topological polar surface area (TPSA) is 136 Å². The lowest BCUT2D eigenvalue weighted by molar-refractivity contribution is -0.117. The van der Waals surface area contributed by atoms with Crippen LogP contribution in [0, 0.1) is 0 Å². The van der Waals surface area contributed by atoms with E-state index in [0.717, 1.165) is 5.56 Å². The molecule has 34 heavy (non-hydrogen) atoms. The second-order valence-corrected chi connectivity index (χ2v) is 9.79. The van der Waals surface area contributed by atoms with Crippen LogP contribution in [0.2, 0.25) is 0 Å². The lowest BCUT2D eigenvalue weighted by Crippen LogP contribution is -2.23. The van der Waals surface area contributed by atoms with Gasteiger partial charge in [-0.15, -0.1) is 0 Å². The highest BCUT2D eigenvalue weighted by Crippen LogP contribution is 2.29. The van der Waals surface area contributed by atoms with Crippen molar-refractivity contribution in [1.29, 1.82) is 0 Å². The zero-order valence-corrected chi connectivity index (χ0v) is 19.7. The van der Waals surface area contributed by atoms with Crippen molar-refractivity contribution in [3.8, 4) is 17.3 Å². The van der Waals surface area contributed by atoms with Crippen LogP contribution in [0.4, 0.5) is 11.6 Å². The first kappa shape index (κ1) is 23.6. The van der Waals surface area contributed by atoms with Crippen molar-refractivity contribution in [3.63, 3.8) is 0 Å². The number of carbonyl (C=O) groups is 1. The van der Waals surface area contributed by atoms with Gasteiger partial charge in [0.05, 0.1) is 23.5 Å². The zero-order valence-electron chi connectivity index (χ0n) is 18.9. The van der Waals surface area contributed by atoms with E-state index in [2.05, 4.69) is 30.0 Å². The number of benzene rings is 1. The summed E-state index contributed by atoms with van der Waals surface area (Å²) in [5, 5.41) is 2.51. The third-order valence-electron chi connectivity index (χ3n) is 5.29. The summed E-state index contributed by atoms with van der Waals surface area (Å²) >= 11 is 0. The minimum absolute atomic E-state index is 0.0192. The second-order valence-electron chi connectivity index (χ2n) is 7.83. The largest absolute Gasteiger partial charge is 0.478 e. The minimum atomic E-state index is -3.48. The Hall–Kier alpha value is -3.60. The maximum atomic E-state index is 13.0. The Morgan fingerprint density at radius 3 is 2.47 bits per heavy atom. The summed E-state index contributed by atoms with van der Waals surface area (Å²) < 4.78 is 32.2. The molecule has 2 aromatic heterocycles. The summed E-state index contributed by atoms with van der Waals surface area (Å²) in [7, 11) is -3.48. The van der Waals surface area contributed by atoms with Crippen molar-refractivity contribution >= 4 is 27.6 Å². The molecule has 1 aliphatic carbocycles. The molecule has 1 aliphatic rings. The van der Waals surface area contributed by atoms with Gasteiger partial charge in [0, 0.05) is 29.7 Å². The number of nitrogens with zero attached hydrogens (tertiary/aromatic N) is 4. The van der Waals surface area contributed by atoms with Gasteiger partial charge in [-0.1, -0.05) is 6.92 Å². The summed E-state index contributed by atoms with van der Waals surface area (Å²) in [6, 6.07) is 10.5. The molecule has 1 unspecified atom stereocenters. The molecule has 2 heterocycles. The molecule has 2 N–H and O–H groups in total. The van der Waals surface area contributed by atoms with Crippen LogP contribution >= 0.6 is 0 Å². The molecule has 1 amide bonds. The fourth-order valence-corrected chi connectivity index (χ4v) is 4.65. The lowest BCUT2D eigenvalue weighted by Gasteiger charge is -2.15. The number of ether oxygens (including phenoxy) is 1. The Bertz CT molecular complexity index is 1260. The van der Waals surface area contributed by atoms with E-state index in [9.17, 15) is 13.2 Å². The zero-order chi connectivity index (χ0) is 24.1. The highest BCUT2D eigenvalue weighted by molar-refractivity contribution is 7.93. The van der Waals surface area contributed by atoms with Gasteiger partial charge in [0.1, 0.15) is 0 Å². The average molecular weight is 483 g/mol. The van der Waals surface area contributed by atoms with Crippen LogP contribution in [0.5, 0.6) is 5.88 Å². The summed E-state index contributed by atoms with van der Waals surface area (Å²) in [6.45, 7) is 4.27. The maximum absolute atomic E-state index is 13.0. The van der Waals surface area contributed by atoms with Crippen LogP contribution in [-0.2, 0) is 14.8 Å². The van der Waals surface area contributed by atoms with E-state index in [-0.39, 0.29) is 17.1 Å². The fourth-order valence-electron chi connectivity index (χ4n) is 3.38. The predicted octanol–water partition coefficient (Wildman–Crippen LogP) is 3.37. The average Bonchev–Trinajstić information content (AvgIpc) is 3.67. The van der Waals surface area contributed by atoms with Crippen molar-refractivity contribution in [2.75, 3.05) is 16.6 Å². The van der Waals surface area contributed by atoms with Gasteiger partial charge in [0.15, 0.2) is 5.82 Å². The van der Waals surface area contributed by atoms with E-state index < -0.39 is 15.9 Å². The normalized spacial score (nSPS) is 14.3. The van der Waals surface area contributed by atoms with Crippen LogP contribution in [0.15, 0.2) is 48.8 Å². The Morgan fingerprint density at radius 2 is 1.79 bits per heavy atom. The van der Waals surface area contributed by atoms with E-state index in [1.54, 1.807) is 30.5 Å². The summed E-state index contributed by atoms with van der Waals surface area (Å²) in [6.07, 6.45) is 4.84. The van der Waals surface area contributed by atoms with Crippen molar-refractivity contribution in [1.82, 2.24) is 19.9 Å². The summed E-state index contributed by atoms with van der Waals surface area (Å²) in [4.78, 5) is 29.9. The Kier molecular flexibility index (Phi) is 7.01. The van der Waals surface area contributed by atoms with E-state index >= 15 is 0 Å². The summed E-state index contributed by atoms with van der Waals surface area (Å²) in [5.74, 6) is 0.184. The standard InChI is InChI=1S/C23H26N6O4S/c1-3-18(19-11-13-25-23(27-19)29-34(31,32)17-9-10-17)22(30)26-16-7-5-15(6-8-16)21-24-14-12-20(28-21)33-4-2/h5-8,11-14,17-18H,3-4,9-10H2,1-2H3,(H,26,30)(H,25,27,29). The summed E-state index contributed by atoms with van der Waals surface area (Å²) in [5.41, 5.74) is 1.84. The van der Waals surface area contributed by atoms with E-state index in [0.29, 0.717) is 49.0 Å². The van der Waals surface area contributed by atoms with Crippen LogP contribution in [0.25, 0.3) is 11.4 Å². The van der Waals surface area contributed by atoms with Crippen molar-refractivity contribution < 1.29 is 17.9 Å². The highest BCUT2D eigenvalue weighted by Gasteiger charge is 2.36. The van der Waals surface area contributed by atoms with Gasteiger partial charge < -0.3 is 10.1 Å². The SMILES string of the molecule is CCOc1ccnc(-c2ccc(NC(=O)C(CC)c3ccnc(NS(=O)(=O)C4CC4)n3)cc2)n1. The van der Waals surface area contributed by atoms with Gasteiger partial charge in [-0.25, -0.2) is 23.4 Å². The molecule has 11 heteroatoms. The van der Waals surface area contributed by atoms with E-state index in [4.69, 9.17) is 4.74 Å². The lowest BCUT2D eigenvalue weighted by atomic mass is 10.0. The number of hydrogen-bond acceptors (Lipinski definition) is 8. The van der Waals surface area contributed by atoms with Gasteiger partial charge in [-0.2, -0.15) is 4.98 Å². The molecule has 0 aliphatic heterocycles. The molecule has 1 saturated carbocycles. The number of anilines is 2. The second kappa shape index (κ2) is 10.1. The molecule has 0 saturated heterocycles. The van der Waals surface area contributed by atoms with Crippen molar-refractivity contribution in [3.05, 3.63) is 54.5 Å². The van der Waals surface area contributed by atoms with Crippen LogP contribution in [0.1, 0.15) is 44.7 Å². The van der Waals surface area contributed by atoms with Gasteiger partial charge in [0.25, 0.3) is 0 Å². The van der Waals surface area contributed by atoms with Crippen molar-refractivity contribution in [2.45, 2.75) is 44.3 Å². The van der Waals surface area contributed by atoms with Gasteiger partial charge in [0.2, 0.25) is 27.8 Å². The first-order chi connectivity index (χ1) is 16.4. The van der Waals surface area contributed by atoms with Gasteiger partial charge >= 0.3 is 0 Å². The van der Waals surface area contributed by atoms with Gasteiger partial charge in [-0.3, -0.25) is 9.52 Å². The quantitative estimate of drug-likeness (QED) is 0.449. The number of amides is 1. The fraction of sp³-hybridized carbons (Fsp3) is 0.348. The smallest absolute Gasteiger partial charge is 0.237 e. The number of hydrogen-bond donors (Lipinski definition) is 2. The molecular weight excluding hydrogens is 456 g/mol. The molecule has 10 nitrogen and oxygen atoms in total. The number of sulfonamides is 1. The number of carbonyl (C=O) groups excluding carboxylic acids is 1. The van der Waals surface area contributed by atoms with Gasteiger partial charge in [-0.05, 0) is 56.5 Å². The third-order valence-corrected chi connectivity index (χ3v) is 7.10. The first-order valence-electron chi connectivity index (χ1n) is 11.1. The molecule has 178 valence electrons. The van der Waals surface area contributed by atoms with Crippen LogP contribution in [-0.4, -0.2) is 46.1 Å². The molecule has 4 rings (SSSR count). The molecule has 1 atom stereocenters. The molecule has 0 spiro atoms. The molecule has 0 radical (unpaired) electrons. The van der Waals surface area contributed by atoms with Crippen LogP contribution in [0.3, 0.4) is 0 Å². The van der Waals surface area contributed by atoms with E-state index in [1.807, 2.05) is 26.0 Å². The monoisotopic (exact) mass is 482 g/mol. The molecule has 1 aromatic carbocycles. The number of aromatic nitrogens is 4. The Balaban J connectivity index is 1.45. The maximum Gasteiger partial charge on any atom is 0.237 e. The predicted molar refractivity (Wildman–Crippen MR) is 128 cm³/mol. The molecular formula is C23H26N6O4S. The first-order valence-corrected chi connectivity index (χ1v) is 12.7.